The lowest BCUT2D eigenvalue weighted by molar-refractivity contribution is 0.199. The van der Waals surface area contributed by atoms with Crippen LogP contribution in [0.1, 0.15) is 25.0 Å². The van der Waals surface area contributed by atoms with Crippen molar-refractivity contribution >= 4 is 21.6 Å². The van der Waals surface area contributed by atoms with Gasteiger partial charge in [0.1, 0.15) is 0 Å². The van der Waals surface area contributed by atoms with Crippen LogP contribution in [0.4, 0.5) is 5.69 Å². The highest BCUT2D eigenvalue weighted by Crippen LogP contribution is 2.31. The first-order valence-corrected chi connectivity index (χ1v) is 7.30. The first-order chi connectivity index (χ1) is 9.11. The highest BCUT2D eigenvalue weighted by Gasteiger charge is 2.17. The zero-order chi connectivity index (χ0) is 13.8. The Balaban J connectivity index is 2.19. The van der Waals surface area contributed by atoms with E-state index < -0.39 is 6.10 Å². The molecule has 104 valence electrons. The fraction of sp³-hybridized carbons (Fsp3) is 0.467. The Hall–Kier alpha value is -0.840. The average Bonchev–Trinajstić information content (AvgIpc) is 2.40. The Morgan fingerprint density at radius 2 is 2.26 bits per heavy atom. The SMILES string of the molecule is COCC1=CCN(c2ccc(Br)cc2C(C)O)CC1. The largest absolute Gasteiger partial charge is 0.389 e. The van der Waals surface area contributed by atoms with Gasteiger partial charge in [-0.15, -0.1) is 0 Å². The molecule has 19 heavy (non-hydrogen) atoms. The zero-order valence-electron chi connectivity index (χ0n) is 11.4. The van der Waals surface area contributed by atoms with E-state index in [2.05, 4.69) is 33.0 Å². The first kappa shape index (κ1) is 14.6. The molecule has 1 aromatic rings. The second-order valence-electron chi connectivity index (χ2n) is 4.87. The van der Waals surface area contributed by atoms with Crippen molar-refractivity contribution in [3.8, 4) is 0 Å². The molecule has 3 nitrogen and oxygen atoms in total. The number of aliphatic hydroxyl groups excluding tert-OH is 1. The molecule has 1 atom stereocenters. The molecule has 1 aliphatic heterocycles. The molecule has 0 spiro atoms. The summed E-state index contributed by atoms with van der Waals surface area (Å²) < 4.78 is 6.17. The number of benzene rings is 1. The summed E-state index contributed by atoms with van der Waals surface area (Å²) in [7, 11) is 1.73. The van der Waals surface area contributed by atoms with Gasteiger partial charge in [0.05, 0.1) is 12.7 Å². The maximum Gasteiger partial charge on any atom is 0.0782 e. The summed E-state index contributed by atoms with van der Waals surface area (Å²) in [6.07, 6.45) is 2.78. The van der Waals surface area contributed by atoms with Gasteiger partial charge in [0.25, 0.3) is 0 Å². The average molecular weight is 326 g/mol. The standard InChI is InChI=1S/C15H20BrNO2/c1-11(18)14-9-13(16)3-4-15(14)17-7-5-12(6-8-17)10-19-2/h3-5,9,11,18H,6-8,10H2,1-2H3. The summed E-state index contributed by atoms with van der Waals surface area (Å²) >= 11 is 3.46. The predicted molar refractivity (Wildman–Crippen MR) is 81.6 cm³/mol. The van der Waals surface area contributed by atoms with Crippen molar-refractivity contribution in [3.05, 3.63) is 39.9 Å². The molecule has 2 rings (SSSR count). The van der Waals surface area contributed by atoms with Crippen LogP contribution in [0, 0.1) is 0 Å². The number of halogens is 1. The van der Waals surface area contributed by atoms with E-state index in [1.54, 1.807) is 14.0 Å². The van der Waals surface area contributed by atoms with E-state index in [0.717, 1.165) is 41.8 Å². The van der Waals surface area contributed by atoms with Crippen molar-refractivity contribution in [2.45, 2.75) is 19.4 Å². The molecule has 1 aromatic carbocycles. The molecule has 0 aliphatic carbocycles. The molecule has 0 amide bonds. The third kappa shape index (κ3) is 3.59. The van der Waals surface area contributed by atoms with Crippen LogP contribution in [-0.4, -0.2) is 31.9 Å². The second kappa shape index (κ2) is 6.55. The molecule has 1 unspecified atom stereocenters. The Labute approximate surface area is 123 Å². The predicted octanol–water partition coefficient (Wildman–Crippen LogP) is 3.29. The van der Waals surface area contributed by atoms with Gasteiger partial charge in [-0.25, -0.2) is 0 Å². The van der Waals surface area contributed by atoms with Crippen LogP contribution in [0.3, 0.4) is 0 Å². The highest BCUT2D eigenvalue weighted by atomic mass is 79.9. The molecular weight excluding hydrogens is 306 g/mol. The van der Waals surface area contributed by atoms with E-state index >= 15 is 0 Å². The van der Waals surface area contributed by atoms with Crippen LogP contribution in [0.25, 0.3) is 0 Å². The van der Waals surface area contributed by atoms with E-state index in [1.807, 2.05) is 12.1 Å². The Kier molecular flexibility index (Phi) is 5.02. The fourth-order valence-corrected chi connectivity index (χ4v) is 2.77. The number of ether oxygens (including phenoxy) is 1. The number of rotatable bonds is 4. The van der Waals surface area contributed by atoms with Crippen LogP contribution in [0.15, 0.2) is 34.3 Å². The molecule has 4 heteroatoms. The van der Waals surface area contributed by atoms with Crippen molar-refractivity contribution in [3.63, 3.8) is 0 Å². The minimum Gasteiger partial charge on any atom is -0.389 e. The number of aliphatic hydroxyl groups is 1. The Morgan fingerprint density at radius 3 is 2.84 bits per heavy atom. The van der Waals surface area contributed by atoms with Gasteiger partial charge in [0.15, 0.2) is 0 Å². The van der Waals surface area contributed by atoms with E-state index in [1.165, 1.54) is 5.57 Å². The van der Waals surface area contributed by atoms with E-state index in [0.29, 0.717) is 0 Å². The fourth-order valence-electron chi connectivity index (χ4n) is 2.39. The van der Waals surface area contributed by atoms with Gasteiger partial charge in [-0.1, -0.05) is 22.0 Å². The molecular formula is C15H20BrNO2. The smallest absolute Gasteiger partial charge is 0.0782 e. The van der Waals surface area contributed by atoms with Crippen LogP contribution < -0.4 is 4.90 Å². The summed E-state index contributed by atoms with van der Waals surface area (Å²) in [6.45, 7) is 4.37. The van der Waals surface area contributed by atoms with Crippen molar-refractivity contribution in [2.24, 2.45) is 0 Å². The number of hydrogen-bond donors (Lipinski definition) is 1. The third-order valence-corrected chi connectivity index (χ3v) is 3.91. The molecule has 0 radical (unpaired) electrons. The van der Waals surface area contributed by atoms with Crippen LogP contribution in [-0.2, 0) is 4.74 Å². The molecule has 0 fully saturated rings. The van der Waals surface area contributed by atoms with E-state index in [9.17, 15) is 5.11 Å². The number of methoxy groups -OCH3 is 1. The molecule has 0 saturated heterocycles. The highest BCUT2D eigenvalue weighted by molar-refractivity contribution is 9.10. The monoisotopic (exact) mass is 325 g/mol. The van der Waals surface area contributed by atoms with Gasteiger partial charge >= 0.3 is 0 Å². The maximum atomic E-state index is 9.91. The topological polar surface area (TPSA) is 32.7 Å². The summed E-state index contributed by atoms with van der Waals surface area (Å²) in [5.74, 6) is 0. The van der Waals surface area contributed by atoms with Gasteiger partial charge in [-0.3, -0.25) is 0 Å². The lowest BCUT2D eigenvalue weighted by atomic mass is 10.0. The minimum atomic E-state index is -0.461. The van der Waals surface area contributed by atoms with Crippen molar-refractivity contribution in [1.82, 2.24) is 0 Å². The Morgan fingerprint density at radius 1 is 1.47 bits per heavy atom. The first-order valence-electron chi connectivity index (χ1n) is 6.51. The van der Waals surface area contributed by atoms with E-state index in [4.69, 9.17) is 4.74 Å². The lowest BCUT2D eigenvalue weighted by Gasteiger charge is -2.31. The Bertz CT molecular complexity index is 471. The number of anilines is 1. The molecule has 1 aliphatic rings. The van der Waals surface area contributed by atoms with Crippen LogP contribution in [0.2, 0.25) is 0 Å². The van der Waals surface area contributed by atoms with Crippen molar-refractivity contribution < 1.29 is 9.84 Å². The summed E-state index contributed by atoms with van der Waals surface area (Å²) in [5, 5.41) is 9.91. The summed E-state index contributed by atoms with van der Waals surface area (Å²) in [5.41, 5.74) is 3.44. The van der Waals surface area contributed by atoms with Crippen molar-refractivity contribution in [2.75, 3.05) is 31.7 Å². The minimum absolute atomic E-state index is 0.461. The van der Waals surface area contributed by atoms with Crippen LogP contribution in [0.5, 0.6) is 0 Å². The van der Waals surface area contributed by atoms with E-state index in [-0.39, 0.29) is 0 Å². The van der Waals surface area contributed by atoms with Gasteiger partial charge < -0.3 is 14.7 Å². The number of hydrogen-bond acceptors (Lipinski definition) is 3. The molecule has 0 bridgehead atoms. The summed E-state index contributed by atoms with van der Waals surface area (Å²) in [6, 6.07) is 6.09. The quantitative estimate of drug-likeness (QED) is 0.862. The second-order valence-corrected chi connectivity index (χ2v) is 5.79. The molecule has 0 aromatic heterocycles. The third-order valence-electron chi connectivity index (χ3n) is 3.41. The molecule has 0 saturated carbocycles. The van der Waals surface area contributed by atoms with Crippen LogP contribution >= 0.6 is 15.9 Å². The van der Waals surface area contributed by atoms with Gasteiger partial charge in [-0.05, 0) is 37.1 Å². The lowest BCUT2D eigenvalue weighted by Crippen LogP contribution is -2.30. The van der Waals surface area contributed by atoms with Gasteiger partial charge in [-0.2, -0.15) is 0 Å². The maximum absolute atomic E-state index is 9.91. The normalized spacial score (nSPS) is 17.3. The molecule has 1 heterocycles. The van der Waals surface area contributed by atoms with Crippen molar-refractivity contribution in [1.29, 1.82) is 0 Å². The van der Waals surface area contributed by atoms with Gasteiger partial charge in [0.2, 0.25) is 0 Å². The summed E-state index contributed by atoms with van der Waals surface area (Å²) in [4.78, 5) is 2.30. The zero-order valence-corrected chi connectivity index (χ0v) is 13.0. The van der Waals surface area contributed by atoms with Gasteiger partial charge in [0, 0.05) is 35.9 Å². The number of nitrogens with zero attached hydrogens (tertiary/aromatic N) is 1. The molecule has 1 N–H and O–H groups in total.